The van der Waals surface area contributed by atoms with Crippen LogP contribution in [0.4, 0.5) is 11.5 Å². The number of hydrogen-bond acceptors (Lipinski definition) is 6. The summed E-state index contributed by atoms with van der Waals surface area (Å²) in [6.07, 6.45) is 0. The zero-order valence-corrected chi connectivity index (χ0v) is 11.4. The highest BCUT2D eigenvalue weighted by atomic mass is 16.5. The van der Waals surface area contributed by atoms with Crippen LogP contribution in [0.3, 0.4) is 0 Å². The molecule has 0 amide bonds. The molecule has 0 fully saturated rings. The van der Waals surface area contributed by atoms with E-state index in [1.807, 2.05) is 18.7 Å². The van der Waals surface area contributed by atoms with E-state index >= 15 is 0 Å². The van der Waals surface area contributed by atoms with Gasteiger partial charge < -0.3 is 15.4 Å². The third kappa shape index (κ3) is 3.58. The van der Waals surface area contributed by atoms with Crippen LogP contribution in [-0.2, 0) is 4.74 Å². The minimum absolute atomic E-state index is 0.150. The van der Waals surface area contributed by atoms with Crippen molar-refractivity contribution >= 4 is 17.5 Å². The number of aromatic nitrogens is 1. The molecule has 1 heterocycles. The molecule has 1 unspecified atom stereocenters. The van der Waals surface area contributed by atoms with Gasteiger partial charge in [0, 0.05) is 13.1 Å². The number of pyridine rings is 1. The zero-order chi connectivity index (χ0) is 14.4. The third-order valence-corrected chi connectivity index (χ3v) is 2.70. The van der Waals surface area contributed by atoms with E-state index in [0.29, 0.717) is 24.6 Å². The van der Waals surface area contributed by atoms with Gasteiger partial charge in [-0.3, -0.25) is 0 Å². The average molecular weight is 262 g/mol. The van der Waals surface area contributed by atoms with Crippen molar-refractivity contribution in [3.05, 3.63) is 17.8 Å². The molecule has 0 aliphatic carbocycles. The van der Waals surface area contributed by atoms with Crippen molar-refractivity contribution in [3.8, 4) is 6.07 Å². The number of nitrogens with zero attached hydrogens (tertiary/aromatic N) is 3. The normalized spacial score (nSPS) is 11.5. The molecule has 0 bridgehead atoms. The lowest BCUT2D eigenvalue weighted by Gasteiger charge is -2.24. The second kappa shape index (κ2) is 6.59. The Morgan fingerprint density at radius 1 is 1.63 bits per heavy atom. The number of hydrogen-bond donors (Lipinski definition) is 1. The molecular weight excluding hydrogens is 244 g/mol. The Bertz CT molecular complexity index is 496. The molecule has 0 aromatic carbocycles. The van der Waals surface area contributed by atoms with Gasteiger partial charge in [0.1, 0.15) is 0 Å². The van der Waals surface area contributed by atoms with Crippen LogP contribution < -0.4 is 10.6 Å². The van der Waals surface area contributed by atoms with E-state index < -0.39 is 5.97 Å². The topological polar surface area (TPSA) is 92.2 Å². The Kier molecular flexibility index (Phi) is 5.12. The molecule has 2 N–H and O–H groups in total. The molecular formula is C13H18N4O2. The van der Waals surface area contributed by atoms with Gasteiger partial charge in [-0.05, 0) is 26.0 Å². The first kappa shape index (κ1) is 14.8. The molecule has 6 heteroatoms. The van der Waals surface area contributed by atoms with E-state index in [1.54, 1.807) is 6.07 Å². The summed E-state index contributed by atoms with van der Waals surface area (Å²) in [6.45, 7) is 4.92. The van der Waals surface area contributed by atoms with Gasteiger partial charge in [0.05, 0.1) is 24.8 Å². The number of carbonyl (C=O) groups excluding carboxylic acids is 1. The molecule has 0 radical (unpaired) electrons. The fraction of sp³-hybridized carbons (Fsp3) is 0.462. The van der Waals surface area contributed by atoms with Crippen LogP contribution in [0.2, 0.25) is 0 Å². The third-order valence-electron chi connectivity index (χ3n) is 2.70. The maximum Gasteiger partial charge on any atom is 0.356 e. The molecule has 1 rings (SSSR count). The number of nitrogens with two attached hydrogens (primary N) is 1. The molecule has 0 saturated heterocycles. The summed E-state index contributed by atoms with van der Waals surface area (Å²) in [6, 6.07) is 5.30. The monoisotopic (exact) mass is 262 g/mol. The fourth-order valence-electron chi connectivity index (χ4n) is 1.67. The Labute approximate surface area is 112 Å². The molecule has 1 atom stereocenters. The van der Waals surface area contributed by atoms with Gasteiger partial charge in [-0.2, -0.15) is 5.26 Å². The Morgan fingerprint density at radius 3 is 2.84 bits per heavy atom. The highest BCUT2D eigenvalue weighted by molar-refractivity contribution is 5.88. The maximum absolute atomic E-state index is 11.5. The average Bonchev–Trinajstić information content (AvgIpc) is 2.44. The van der Waals surface area contributed by atoms with Crippen molar-refractivity contribution in [3.63, 3.8) is 0 Å². The first-order valence-electron chi connectivity index (χ1n) is 6.02. The number of carbonyl (C=O) groups is 1. The summed E-state index contributed by atoms with van der Waals surface area (Å²) >= 11 is 0. The van der Waals surface area contributed by atoms with Crippen LogP contribution in [0.15, 0.2) is 12.1 Å². The first-order chi connectivity index (χ1) is 9.03. The molecule has 6 nitrogen and oxygen atoms in total. The molecule has 1 aromatic rings. The highest BCUT2D eigenvalue weighted by Gasteiger charge is 2.16. The summed E-state index contributed by atoms with van der Waals surface area (Å²) in [5, 5.41) is 8.87. The summed E-state index contributed by atoms with van der Waals surface area (Å²) < 4.78 is 4.63. The SMILES string of the molecule is CCN(CC(C)C#N)c1nc(C(=O)OC)ccc1N. The van der Waals surface area contributed by atoms with Gasteiger partial charge in [0.2, 0.25) is 0 Å². The number of nitrogen functional groups attached to an aromatic ring is 1. The fourth-order valence-corrected chi connectivity index (χ4v) is 1.67. The minimum atomic E-state index is -0.509. The largest absolute Gasteiger partial charge is 0.464 e. The van der Waals surface area contributed by atoms with Crippen molar-refractivity contribution in [2.45, 2.75) is 13.8 Å². The van der Waals surface area contributed by atoms with Crippen molar-refractivity contribution in [2.24, 2.45) is 5.92 Å². The highest BCUT2D eigenvalue weighted by Crippen LogP contribution is 2.22. The van der Waals surface area contributed by atoms with E-state index in [9.17, 15) is 4.79 Å². The van der Waals surface area contributed by atoms with E-state index in [-0.39, 0.29) is 11.6 Å². The van der Waals surface area contributed by atoms with Crippen LogP contribution >= 0.6 is 0 Å². The van der Waals surface area contributed by atoms with E-state index in [0.717, 1.165) is 0 Å². The lowest BCUT2D eigenvalue weighted by molar-refractivity contribution is 0.0594. The van der Waals surface area contributed by atoms with Gasteiger partial charge in [-0.15, -0.1) is 0 Å². The van der Waals surface area contributed by atoms with Crippen molar-refractivity contribution in [2.75, 3.05) is 30.8 Å². The Morgan fingerprint density at radius 2 is 2.32 bits per heavy atom. The molecule has 0 spiro atoms. The minimum Gasteiger partial charge on any atom is -0.464 e. The number of anilines is 2. The van der Waals surface area contributed by atoms with E-state index in [2.05, 4.69) is 15.8 Å². The van der Waals surface area contributed by atoms with Gasteiger partial charge in [-0.1, -0.05) is 0 Å². The molecule has 0 aliphatic heterocycles. The van der Waals surface area contributed by atoms with Gasteiger partial charge in [0.15, 0.2) is 11.5 Å². The van der Waals surface area contributed by atoms with E-state index in [1.165, 1.54) is 13.2 Å². The van der Waals surface area contributed by atoms with Crippen LogP contribution in [0.1, 0.15) is 24.3 Å². The standard InChI is InChI=1S/C13H18N4O2/c1-4-17(8-9(2)7-14)12-10(15)5-6-11(16-12)13(18)19-3/h5-6,9H,4,8,15H2,1-3H3. The predicted molar refractivity (Wildman–Crippen MR) is 72.7 cm³/mol. The van der Waals surface area contributed by atoms with Crippen LogP contribution in [0.5, 0.6) is 0 Å². The summed E-state index contributed by atoms with van der Waals surface area (Å²) in [7, 11) is 1.30. The molecule has 0 aliphatic rings. The van der Waals surface area contributed by atoms with Gasteiger partial charge >= 0.3 is 5.97 Å². The Balaban J connectivity index is 3.09. The second-order valence-electron chi connectivity index (χ2n) is 4.17. The van der Waals surface area contributed by atoms with Crippen LogP contribution in [-0.4, -0.2) is 31.2 Å². The lowest BCUT2D eigenvalue weighted by Crippen LogP contribution is -2.29. The second-order valence-corrected chi connectivity index (χ2v) is 4.17. The van der Waals surface area contributed by atoms with Crippen molar-refractivity contribution in [1.82, 2.24) is 4.98 Å². The number of esters is 1. The van der Waals surface area contributed by atoms with Gasteiger partial charge in [0.25, 0.3) is 0 Å². The van der Waals surface area contributed by atoms with Crippen LogP contribution in [0, 0.1) is 17.2 Å². The molecule has 1 aromatic heterocycles. The van der Waals surface area contributed by atoms with Crippen molar-refractivity contribution in [1.29, 1.82) is 5.26 Å². The summed E-state index contributed by atoms with van der Waals surface area (Å²) in [5.74, 6) is -0.152. The number of ether oxygens (including phenoxy) is 1. The smallest absolute Gasteiger partial charge is 0.356 e. The molecule has 19 heavy (non-hydrogen) atoms. The maximum atomic E-state index is 11.5. The molecule has 102 valence electrons. The quantitative estimate of drug-likeness (QED) is 0.807. The summed E-state index contributed by atoms with van der Waals surface area (Å²) in [5.41, 5.74) is 6.56. The number of nitriles is 1. The lowest BCUT2D eigenvalue weighted by atomic mass is 10.2. The Hall–Kier alpha value is -2.29. The zero-order valence-electron chi connectivity index (χ0n) is 11.4. The summed E-state index contributed by atoms with van der Waals surface area (Å²) in [4.78, 5) is 17.6. The van der Waals surface area contributed by atoms with Crippen molar-refractivity contribution < 1.29 is 9.53 Å². The van der Waals surface area contributed by atoms with Crippen LogP contribution in [0.25, 0.3) is 0 Å². The van der Waals surface area contributed by atoms with Gasteiger partial charge in [-0.25, -0.2) is 9.78 Å². The van der Waals surface area contributed by atoms with E-state index in [4.69, 9.17) is 11.0 Å². The number of rotatable bonds is 5. The predicted octanol–water partition coefficient (Wildman–Crippen LogP) is 1.44. The number of methoxy groups -OCH3 is 1. The first-order valence-corrected chi connectivity index (χ1v) is 6.02. The molecule has 0 saturated carbocycles.